The van der Waals surface area contributed by atoms with Crippen molar-refractivity contribution in [3.63, 3.8) is 0 Å². The standard InChI is InChI=1S/C16H16FN3O2S/c1-2-6-23-16-19-14-13(15(22)20-16)11(8-12(21)18-14)9-4-3-5-10(17)7-9/h3-5,7,11H,2,6,8H2,1H3,(H2,18,19,20,21,22). The summed E-state index contributed by atoms with van der Waals surface area (Å²) in [6.07, 6.45) is 1.05. The lowest BCUT2D eigenvalue weighted by Gasteiger charge is -2.24. The lowest BCUT2D eigenvalue weighted by atomic mass is 9.87. The average Bonchev–Trinajstić information content (AvgIpc) is 2.51. The molecule has 1 aliphatic heterocycles. The zero-order chi connectivity index (χ0) is 16.4. The first-order chi connectivity index (χ1) is 11.1. The highest BCUT2D eigenvalue weighted by molar-refractivity contribution is 7.99. The van der Waals surface area contributed by atoms with Gasteiger partial charge in [-0.15, -0.1) is 0 Å². The molecule has 0 spiro atoms. The summed E-state index contributed by atoms with van der Waals surface area (Å²) in [6, 6.07) is 5.98. The van der Waals surface area contributed by atoms with E-state index in [9.17, 15) is 14.0 Å². The van der Waals surface area contributed by atoms with Crippen LogP contribution in [0.2, 0.25) is 0 Å². The molecule has 7 heteroatoms. The number of thioether (sulfide) groups is 1. The van der Waals surface area contributed by atoms with Gasteiger partial charge in [-0.25, -0.2) is 9.37 Å². The number of halogens is 1. The lowest BCUT2D eigenvalue weighted by molar-refractivity contribution is -0.116. The van der Waals surface area contributed by atoms with Gasteiger partial charge in [0.05, 0.1) is 5.56 Å². The molecular weight excluding hydrogens is 317 g/mol. The van der Waals surface area contributed by atoms with Gasteiger partial charge in [-0.05, 0) is 24.1 Å². The molecule has 5 nitrogen and oxygen atoms in total. The predicted octanol–water partition coefficient (Wildman–Crippen LogP) is 2.89. The number of aromatic amines is 1. The predicted molar refractivity (Wildman–Crippen MR) is 87.4 cm³/mol. The number of hydrogen-bond acceptors (Lipinski definition) is 4. The summed E-state index contributed by atoms with van der Waals surface area (Å²) < 4.78 is 13.5. The number of rotatable bonds is 4. The van der Waals surface area contributed by atoms with Gasteiger partial charge < -0.3 is 10.3 Å². The monoisotopic (exact) mass is 333 g/mol. The number of fused-ring (bicyclic) bond motifs is 1. The van der Waals surface area contributed by atoms with Crippen LogP contribution in [0.1, 0.15) is 36.8 Å². The Balaban J connectivity index is 2.07. The van der Waals surface area contributed by atoms with Crippen LogP contribution in [-0.4, -0.2) is 21.6 Å². The Morgan fingerprint density at radius 2 is 2.22 bits per heavy atom. The van der Waals surface area contributed by atoms with Gasteiger partial charge in [0, 0.05) is 18.1 Å². The van der Waals surface area contributed by atoms with Crippen molar-refractivity contribution < 1.29 is 9.18 Å². The van der Waals surface area contributed by atoms with E-state index < -0.39 is 11.7 Å². The Kier molecular flexibility index (Phi) is 4.47. The quantitative estimate of drug-likeness (QED) is 0.666. The van der Waals surface area contributed by atoms with Crippen molar-refractivity contribution >= 4 is 23.5 Å². The van der Waals surface area contributed by atoms with Gasteiger partial charge >= 0.3 is 0 Å². The molecule has 0 bridgehead atoms. The number of aromatic nitrogens is 2. The van der Waals surface area contributed by atoms with Crippen LogP contribution in [0, 0.1) is 5.82 Å². The number of amides is 1. The second-order valence-corrected chi connectivity index (χ2v) is 6.43. The Morgan fingerprint density at radius 1 is 1.39 bits per heavy atom. The van der Waals surface area contributed by atoms with Gasteiger partial charge in [-0.1, -0.05) is 30.8 Å². The molecule has 1 unspecified atom stereocenters. The first kappa shape index (κ1) is 15.7. The van der Waals surface area contributed by atoms with Gasteiger partial charge in [-0.2, -0.15) is 0 Å². The van der Waals surface area contributed by atoms with Crippen molar-refractivity contribution in [2.24, 2.45) is 0 Å². The summed E-state index contributed by atoms with van der Waals surface area (Å²) >= 11 is 1.43. The topological polar surface area (TPSA) is 74.8 Å². The smallest absolute Gasteiger partial charge is 0.257 e. The van der Waals surface area contributed by atoms with Crippen molar-refractivity contribution in [1.29, 1.82) is 0 Å². The molecule has 2 N–H and O–H groups in total. The van der Waals surface area contributed by atoms with Crippen LogP contribution in [0.15, 0.2) is 34.2 Å². The normalized spacial score (nSPS) is 16.8. The highest BCUT2D eigenvalue weighted by Crippen LogP contribution is 2.34. The minimum absolute atomic E-state index is 0.0999. The Hall–Kier alpha value is -2.15. The third-order valence-electron chi connectivity index (χ3n) is 3.62. The van der Waals surface area contributed by atoms with E-state index in [-0.39, 0.29) is 23.7 Å². The van der Waals surface area contributed by atoms with Gasteiger partial charge in [-0.3, -0.25) is 9.59 Å². The molecule has 1 atom stereocenters. The van der Waals surface area contributed by atoms with E-state index in [1.54, 1.807) is 12.1 Å². The lowest BCUT2D eigenvalue weighted by Crippen LogP contribution is -2.31. The molecule has 0 saturated heterocycles. The van der Waals surface area contributed by atoms with Crippen LogP contribution < -0.4 is 10.9 Å². The first-order valence-electron chi connectivity index (χ1n) is 7.40. The molecule has 2 heterocycles. The highest BCUT2D eigenvalue weighted by atomic mass is 32.2. The maximum atomic E-state index is 13.5. The summed E-state index contributed by atoms with van der Waals surface area (Å²) in [4.78, 5) is 31.5. The van der Waals surface area contributed by atoms with E-state index in [0.717, 1.165) is 12.2 Å². The average molecular weight is 333 g/mol. The molecule has 1 aromatic heterocycles. The minimum Gasteiger partial charge on any atom is -0.310 e. The molecule has 3 rings (SSSR count). The van der Waals surface area contributed by atoms with Crippen LogP contribution in [-0.2, 0) is 4.79 Å². The Labute approximate surface area is 136 Å². The Morgan fingerprint density at radius 3 is 2.96 bits per heavy atom. The zero-order valence-corrected chi connectivity index (χ0v) is 13.4. The number of carbonyl (C=O) groups is 1. The molecule has 0 aliphatic carbocycles. The van der Waals surface area contributed by atoms with Gasteiger partial charge in [0.15, 0.2) is 5.16 Å². The van der Waals surface area contributed by atoms with Crippen LogP contribution in [0.25, 0.3) is 0 Å². The largest absolute Gasteiger partial charge is 0.310 e. The second-order valence-electron chi connectivity index (χ2n) is 5.34. The van der Waals surface area contributed by atoms with Crippen LogP contribution in [0.5, 0.6) is 0 Å². The molecule has 1 aromatic carbocycles. The molecular formula is C16H16FN3O2S. The maximum absolute atomic E-state index is 13.5. The molecule has 0 fully saturated rings. The summed E-state index contributed by atoms with van der Waals surface area (Å²) in [7, 11) is 0. The number of hydrogen-bond donors (Lipinski definition) is 2. The van der Waals surface area contributed by atoms with E-state index >= 15 is 0 Å². The molecule has 1 amide bonds. The third-order valence-corrected chi connectivity index (χ3v) is 4.70. The number of benzene rings is 1. The summed E-state index contributed by atoms with van der Waals surface area (Å²) in [5.74, 6) is -0.0113. The second kappa shape index (κ2) is 6.54. The number of carbonyl (C=O) groups excluding carboxylic acids is 1. The SMILES string of the molecule is CCCSc1nc2c(c(=O)[nH]1)C(c1cccc(F)c1)CC(=O)N2. The van der Waals surface area contributed by atoms with Crippen LogP contribution in [0.3, 0.4) is 0 Å². The van der Waals surface area contributed by atoms with Crippen LogP contribution >= 0.6 is 11.8 Å². The van der Waals surface area contributed by atoms with Crippen molar-refractivity contribution in [3.05, 3.63) is 51.6 Å². The summed E-state index contributed by atoms with van der Waals surface area (Å²) in [5, 5.41) is 3.14. The zero-order valence-electron chi connectivity index (χ0n) is 12.6. The maximum Gasteiger partial charge on any atom is 0.257 e. The van der Waals surface area contributed by atoms with E-state index in [2.05, 4.69) is 15.3 Å². The number of H-pyrrole nitrogens is 1. The number of nitrogens with one attached hydrogen (secondary N) is 2. The molecule has 23 heavy (non-hydrogen) atoms. The number of anilines is 1. The molecule has 0 radical (unpaired) electrons. The van der Waals surface area contributed by atoms with Crippen molar-refractivity contribution in [2.75, 3.05) is 11.1 Å². The summed E-state index contributed by atoms with van der Waals surface area (Å²) in [5.41, 5.74) is 0.696. The van der Waals surface area contributed by atoms with Gasteiger partial charge in [0.25, 0.3) is 5.56 Å². The van der Waals surface area contributed by atoms with E-state index in [1.165, 1.54) is 23.9 Å². The van der Waals surface area contributed by atoms with Crippen LogP contribution in [0.4, 0.5) is 10.2 Å². The fourth-order valence-electron chi connectivity index (χ4n) is 2.63. The fourth-order valence-corrected chi connectivity index (χ4v) is 3.34. The molecule has 2 aromatic rings. The van der Waals surface area contributed by atoms with E-state index in [4.69, 9.17) is 0 Å². The summed E-state index contributed by atoms with van der Waals surface area (Å²) in [6.45, 7) is 2.03. The van der Waals surface area contributed by atoms with E-state index in [0.29, 0.717) is 16.3 Å². The highest BCUT2D eigenvalue weighted by Gasteiger charge is 2.31. The third kappa shape index (κ3) is 3.29. The van der Waals surface area contributed by atoms with Crippen molar-refractivity contribution in [2.45, 2.75) is 30.8 Å². The minimum atomic E-state index is -0.490. The molecule has 1 aliphatic rings. The fraction of sp³-hybridized carbons (Fsp3) is 0.312. The molecule has 0 saturated carbocycles. The number of nitrogens with zero attached hydrogens (tertiary/aromatic N) is 1. The van der Waals surface area contributed by atoms with Crippen molar-refractivity contribution in [1.82, 2.24) is 9.97 Å². The van der Waals surface area contributed by atoms with Crippen molar-refractivity contribution in [3.8, 4) is 0 Å². The van der Waals surface area contributed by atoms with E-state index in [1.807, 2.05) is 6.92 Å². The first-order valence-corrected chi connectivity index (χ1v) is 8.39. The van der Waals surface area contributed by atoms with Gasteiger partial charge in [0.2, 0.25) is 5.91 Å². The van der Waals surface area contributed by atoms with Gasteiger partial charge in [0.1, 0.15) is 11.6 Å². The Bertz CT molecular complexity index is 806. The molecule has 120 valence electrons.